The fraction of sp³-hybridized carbons (Fsp3) is 0.200. The molecule has 0 aliphatic rings. The van der Waals surface area contributed by atoms with Gasteiger partial charge in [0.25, 0.3) is 0 Å². The van der Waals surface area contributed by atoms with Crippen LogP contribution in [-0.4, -0.2) is 11.7 Å². The number of aliphatic hydroxyl groups excluding tert-OH is 1. The van der Waals surface area contributed by atoms with Crippen LogP contribution in [0, 0.1) is 0 Å². The normalized spacial score (nSPS) is 12.4. The maximum absolute atomic E-state index is 12.3. The van der Waals surface area contributed by atoms with Crippen LogP contribution in [0.15, 0.2) is 53.0 Å². The van der Waals surface area contributed by atoms with E-state index in [4.69, 9.17) is 0 Å². The lowest BCUT2D eigenvalue weighted by Gasteiger charge is -2.16. The Labute approximate surface area is 124 Å². The summed E-state index contributed by atoms with van der Waals surface area (Å²) in [5.41, 5.74) is 1.27. The van der Waals surface area contributed by atoms with E-state index in [0.29, 0.717) is 12.0 Å². The zero-order valence-corrected chi connectivity index (χ0v) is 12.1. The second-order valence-electron chi connectivity index (χ2n) is 4.26. The van der Waals surface area contributed by atoms with Crippen LogP contribution < -0.4 is 4.74 Å². The maximum Gasteiger partial charge on any atom is 0.387 e. The molecule has 2 rings (SSSR count). The van der Waals surface area contributed by atoms with Gasteiger partial charge in [0, 0.05) is 16.5 Å². The highest BCUT2D eigenvalue weighted by Gasteiger charge is 2.16. The van der Waals surface area contributed by atoms with Crippen LogP contribution >= 0.6 is 15.9 Å². The van der Waals surface area contributed by atoms with Gasteiger partial charge in [0.1, 0.15) is 5.75 Å². The molecule has 0 fully saturated rings. The van der Waals surface area contributed by atoms with Crippen LogP contribution in [0.2, 0.25) is 0 Å². The Morgan fingerprint density at radius 2 is 1.70 bits per heavy atom. The van der Waals surface area contributed by atoms with Crippen molar-refractivity contribution in [1.82, 2.24) is 0 Å². The van der Waals surface area contributed by atoms with Crippen molar-refractivity contribution in [1.29, 1.82) is 0 Å². The molecule has 0 heterocycles. The van der Waals surface area contributed by atoms with Crippen LogP contribution in [0.4, 0.5) is 8.78 Å². The van der Waals surface area contributed by atoms with E-state index in [1.807, 2.05) is 24.3 Å². The van der Waals surface area contributed by atoms with E-state index < -0.39 is 12.7 Å². The number of halogens is 3. The third kappa shape index (κ3) is 4.02. The zero-order valence-electron chi connectivity index (χ0n) is 10.5. The van der Waals surface area contributed by atoms with Gasteiger partial charge in [-0.2, -0.15) is 8.78 Å². The lowest BCUT2D eigenvalue weighted by atomic mass is 10.0. The van der Waals surface area contributed by atoms with Crippen molar-refractivity contribution in [3.05, 3.63) is 64.1 Å². The summed E-state index contributed by atoms with van der Waals surface area (Å²) < 4.78 is 30.0. The molecule has 0 saturated heterocycles. The van der Waals surface area contributed by atoms with Crippen molar-refractivity contribution in [2.24, 2.45) is 0 Å². The summed E-state index contributed by atoms with van der Waals surface area (Å²) in [5, 5.41) is 10.2. The number of rotatable bonds is 5. The van der Waals surface area contributed by atoms with Crippen molar-refractivity contribution in [2.75, 3.05) is 0 Å². The first kappa shape index (κ1) is 14.9. The Morgan fingerprint density at radius 1 is 1.05 bits per heavy atom. The molecule has 1 unspecified atom stereocenters. The Bertz CT molecular complexity index is 558. The topological polar surface area (TPSA) is 29.5 Å². The van der Waals surface area contributed by atoms with E-state index >= 15 is 0 Å². The largest absolute Gasteiger partial charge is 0.434 e. The Kier molecular flexibility index (Phi) is 5.09. The lowest BCUT2D eigenvalue weighted by molar-refractivity contribution is -0.0515. The summed E-state index contributed by atoms with van der Waals surface area (Å²) in [6.45, 7) is -2.91. The molecule has 2 aromatic carbocycles. The second kappa shape index (κ2) is 6.81. The molecular formula is C15H13BrF2O2. The number of alkyl halides is 2. The Balaban J connectivity index is 2.16. The molecule has 106 valence electrons. The number of aliphatic hydroxyl groups is 1. The highest BCUT2D eigenvalue weighted by atomic mass is 79.9. The van der Waals surface area contributed by atoms with Crippen LogP contribution in [0.3, 0.4) is 0 Å². The summed E-state index contributed by atoms with van der Waals surface area (Å²) in [6.07, 6.45) is -0.567. The number of para-hydroxylation sites is 1. The molecule has 20 heavy (non-hydrogen) atoms. The van der Waals surface area contributed by atoms with E-state index in [1.165, 1.54) is 6.07 Å². The first-order valence-corrected chi connectivity index (χ1v) is 6.82. The van der Waals surface area contributed by atoms with E-state index in [9.17, 15) is 13.9 Å². The fourth-order valence-electron chi connectivity index (χ4n) is 1.91. The molecule has 0 amide bonds. The van der Waals surface area contributed by atoms with Crippen LogP contribution in [0.5, 0.6) is 5.75 Å². The molecule has 2 aromatic rings. The van der Waals surface area contributed by atoms with E-state index in [2.05, 4.69) is 20.7 Å². The third-order valence-corrected chi connectivity index (χ3v) is 3.37. The van der Waals surface area contributed by atoms with Gasteiger partial charge in [0.15, 0.2) is 0 Å². The minimum Gasteiger partial charge on any atom is -0.434 e. The average Bonchev–Trinajstić information content (AvgIpc) is 2.41. The van der Waals surface area contributed by atoms with Crippen molar-refractivity contribution < 1.29 is 18.6 Å². The molecular weight excluding hydrogens is 330 g/mol. The first-order valence-electron chi connectivity index (χ1n) is 6.02. The lowest BCUT2D eigenvalue weighted by Crippen LogP contribution is -2.08. The number of hydrogen-bond acceptors (Lipinski definition) is 2. The molecule has 0 aliphatic heterocycles. The van der Waals surface area contributed by atoms with Crippen LogP contribution in [0.1, 0.15) is 17.2 Å². The molecule has 0 aromatic heterocycles. The third-order valence-electron chi connectivity index (χ3n) is 2.84. The van der Waals surface area contributed by atoms with Crippen molar-refractivity contribution in [3.8, 4) is 5.75 Å². The van der Waals surface area contributed by atoms with Gasteiger partial charge in [0.05, 0.1) is 6.10 Å². The van der Waals surface area contributed by atoms with Gasteiger partial charge >= 0.3 is 6.61 Å². The highest BCUT2D eigenvalue weighted by Crippen LogP contribution is 2.29. The van der Waals surface area contributed by atoms with E-state index in [0.717, 1.165) is 10.0 Å². The SMILES string of the molecule is OC(Cc1ccc(Br)cc1)c1ccccc1OC(F)F. The zero-order chi connectivity index (χ0) is 14.5. The first-order chi connectivity index (χ1) is 9.56. The second-order valence-corrected chi connectivity index (χ2v) is 5.18. The van der Waals surface area contributed by atoms with Gasteiger partial charge in [-0.25, -0.2) is 0 Å². The van der Waals surface area contributed by atoms with Crippen molar-refractivity contribution in [3.63, 3.8) is 0 Å². The van der Waals surface area contributed by atoms with Gasteiger partial charge in [-0.05, 0) is 23.8 Å². The molecule has 0 saturated carbocycles. The summed E-state index contributed by atoms with van der Waals surface area (Å²) in [5.74, 6) is 0.00658. The Morgan fingerprint density at radius 3 is 2.35 bits per heavy atom. The minimum atomic E-state index is -2.91. The minimum absolute atomic E-state index is 0.00658. The molecule has 0 aliphatic carbocycles. The number of benzene rings is 2. The van der Waals surface area contributed by atoms with Gasteiger partial charge in [-0.15, -0.1) is 0 Å². The summed E-state index contributed by atoms with van der Waals surface area (Å²) >= 11 is 3.33. The summed E-state index contributed by atoms with van der Waals surface area (Å²) in [6, 6.07) is 13.7. The van der Waals surface area contributed by atoms with Crippen LogP contribution in [-0.2, 0) is 6.42 Å². The summed E-state index contributed by atoms with van der Waals surface area (Å²) in [4.78, 5) is 0. The summed E-state index contributed by atoms with van der Waals surface area (Å²) in [7, 11) is 0. The predicted molar refractivity (Wildman–Crippen MR) is 75.9 cm³/mol. The molecule has 0 radical (unpaired) electrons. The van der Waals surface area contributed by atoms with Crippen molar-refractivity contribution >= 4 is 15.9 Å². The van der Waals surface area contributed by atoms with Gasteiger partial charge in [-0.3, -0.25) is 0 Å². The maximum atomic E-state index is 12.3. The molecule has 1 atom stereocenters. The van der Waals surface area contributed by atoms with E-state index in [1.54, 1.807) is 18.2 Å². The number of hydrogen-bond donors (Lipinski definition) is 1. The average molecular weight is 343 g/mol. The smallest absolute Gasteiger partial charge is 0.387 e. The van der Waals surface area contributed by atoms with E-state index in [-0.39, 0.29) is 5.75 Å². The molecule has 0 spiro atoms. The molecule has 2 nitrogen and oxygen atoms in total. The van der Waals surface area contributed by atoms with Gasteiger partial charge < -0.3 is 9.84 Å². The van der Waals surface area contributed by atoms with Gasteiger partial charge in [0.2, 0.25) is 0 Å². The number of ether oxygens (including phenoxy) is 1. The molecule has 5 heteroatoms. The fourth-order valence-corrected chi connectivity index (χ4v) is 2.18. The predicted octanol–water partition coefficient (Wildman–Crippen LogP) is 4.33. The standard InChI is InChI=1S/C15H13BrF2O2/c16-11-7-5-10(6-8-11)9-13(19)12-3-1-2-4-14(12)20-15(17)18/h1-8,13,15,19H,9H2. The molecule has 0 bridgehead atoms. The van der Waals surface area contributed by atoms with Crippen molar-refractivity contribution in [2.45, 2.75) is 19.1 Å². The van der Waals surface area contributed by atoms with Gasteiger partial charge in [-0.1, -0.05) is 46.3 Å². The highest BCUT2D eigenvalue weighted by molar-refractivity contribution is 9.10. The monoisotopic (exact) mass is 342 g/mol. The Hall–Kier alpha value is -1.46. The quantitative estimate of drug-likeness (QED) is 0.876. The van der Waals surface area contributed by atoms with Crippen LogP contribution in [0.25, 0.3) is 0 Å². The molecule has 1 N–H and O–H groups in total.